The van der Waals surface area contributed by atoms with Crippen molar-refractivity contribution in [3.05, 3.63) is 29.3 Å². The van der Waals surface area contributed by atoms with Crippen LogP contribution in [-0.2, 0) is 6.61 Å². The predicted molar refractivity (Wildman–Crippen MR) is 66.6 cm³/mol. The normalized spacial score (nSPS) is 16.8. The lowest BCUT2D eigenvalue weighted by Gasteiger charge is -2.29. The average molecular weight is 223 g/mol. The molecule has 0 radical (unpaired) electrons. The van der Waals surface area contributed by atoms with Gasteiger partial charge in [-0.25, -0.2) is 0 Å². The van der Waals surface area contributed by atoms with E-state index < -0.39 is 0 Å². The molecule has 0 aliphatic carbocycles. The van der Waals surface area contributed by atoms with Crippen molar-refractivity contribution in [3.8, 4) is 0 Å². The molecule has 1 aromatic carbocycles. The standard InChI is InChI=1S/C12H17NOS/c1-10-8-12(3-2-11(10)9-14)13-4-6-15-7-5-13/h2-3,8,14H,4-7,9H2,1H3. The molecule has 82 valence electrons. The van der Waals surface area contributed by atoms with E-state index in [1.807, 2.05) is 17.8 Å². The van der Waals surface area contributed by atoms with Gasteiger partial charge in [0.1, 0.15) is 0 Å². The third kappa shape index (κ3) is 2.47. The first-order valence-corrected chi connectivity index (χ1v) is 6.50. The number of nitrogens with zero attached hydrogens (tertiary/aromatic N) is 1. The van der Waals surface area contributed by atoms with Crippen LogP contribution >= 0.6 is 11.8 Å². The Morgan fingerprint density at radius 2 is 2.07 bits per heavy atom. The highest BCUT2D eigenvalue weighted by molar-refractivity contribution is 7.99. The highest BCUT2D eigenvalue weighted by atomic mass is 32.2. The molecule has 1 aliphatic rings. The van der Waals surface area contributed by atoms with Gasteiger partial charge in [0.2, 0.25) is 0 Å². The molecule has 0 unspecified atom stereocenters. The summed E-state index contributed by atoms with van der Waals surface area (Å²) in [4.78, 5) is 2.42. The molecule has 15 heavy (non-hydrogen) atoms. The van der Waals surface area contributed by atoms with Crippen LogP contribution in [0, 0.1) is 6.92 Å². The van der Waals surface area contributed by atoms with Crippen molar-refractivity contribution in [1.29, 1.82) is 0 Å². The summed E-state index contributed by atoms with van der Waals surface area (Å²) in [6.07, 6.45) is 0. The number of aliphatic hydroxyl groups is 1. The number of anilines is 1. The zero-order valence-electron chi connectivity index (χ0n) is 9.07. The molecule has 1 N–H and O–H groups in total. The Kier molecular flexibility index (Phi) is 3.54. The SMILES string of the molecule is Cc1cc(N2CCSCC2)ccc1CO. The number of aryl methyl sites for hydroxylation is 1. The van der Waals surface area contributed by atoms with E-state index in [1.54, 1.807) is 0 Å². The van der Waals surface area contributed by atoms with E-state index in [2.05, 4.69) is 24.0 Å². The molecule has 0 saturated carbocycles. The van der Waals surface area contributed by atoms with Crippen molar-refractivity contribution >= 4 is 17.4 Å². The molecular weight excluding hydrogens is 206 g/mol. The first-order valence-electron chi connectivity index (χ1n) is 5.34. The van der Waals surface area contributed by atoms with E-state index >= 15 is 0 Å². The van der Waals surface area contributed by atoms with E-state index in [9.17, 15) is 0 Å². The highest BCUT2D eigenvalue weighted by Gasteiger charge is 2.11. The van der Waals surface area contributed by atoms with Crippen molar-refractivity contribution in [2.75, 3.05) is 29.5 Å². The molecule has 2 nitrogen and oxygen atoms in total. The summed E-state index contributed by atoms with van der Waals surface area (Å²) in [5.74, 6) is 2.45. The Balaban J connectivity index is 2.17. The Hall–Kier alpha value is -0.670. The van der Waals surface area contributed by atoms with Crippen LogP contribution in [-0.4, -0.2) is 29.7 Å². The maximum absolute atomic E-state index is 9.10. The lowest BCUT2D eigenvalue weighted by Crippen LogP contribution is -2.32. The fraction of sp³-hybridized carbons (Fsp3) is 0.500. The summed E-state index contributed by atoms with van der Waals surface area (Å²) in [6.45, 7) is 4.49. The van der Waals surface area contributed by atoms with Crippen LogP contribution in [0.25, 0.3) is 0 Å². The van der Waals surface area contributed by atoms with Gasteiger partial charge in [0.15, 0.2) is 0 Å². The zero-order chi connectivity index (χ0) is 10.7. The van der Waals surface area contributed by atoms with Crippen LogP contribution in [0.2, 0.25) is 0 Å². The summed E-state index contributed by atoms with van der Waals surface area (Å²) in [7, 11) is 0. The number of benzene rings is 1. The monoisotopic (exact) mass is 223 g/mol. The molecule has 1 aliphatic heterocycles. The van der Waals surface area contributed by atoms with Gasteiger partial charge in [-0.1, -0.05) is 6.07 Å². The van der Waals surface area contributed by atoms with Crippen molar-refractivity contribution in [3.63, 3.8) is 0 Å². The van der Waals surface area contributed by atoms with E-state index in [0.717, 1.165) is 18.7 Å². The lowest BCUT2D eigenvalue weighted by molar-refractivity contribution is 0.281. The van der Waals surface area contributed by atoms with Gasteiger partial charge in [-0.3, -0.25) is 0 Å². The summed E-state index contributed by atoms with van der Waals surface area (Å²) >= 11 is 2.02. The van der Waals surface area contributed by atoms with Crippen LogP contribution in [0.1, 0.15) is 11.1 Å². The molecular formula is C12H17NOS. The number of hydrogen-bond donors (Lipinski definition) is 1. The van der Waals surface area contributed by atoms with Crippen LogP contribution in [0.3, 0.4) is 0 Å². The van der Waals surface area contributed by atoms with Gasteiger partial charge in [-0.2, -0.15) is 11.8 Å². The number of rotatable bonds is 2. The lowest BCUT2D eigenvalue weighted by atomic mass is 10.1. The molecule has 0 bridgehead atoms. The quantitative estimate of drug-likeness (QED) is 0.830. The van der Waals surface area contributed by atoms with Crippen LogP contribution in [0.5, 0.6) is 0 Å². The van der Waals surface area contributed by atoms with Crippen molar-refractivity contribution in [2.45, 2.75) is 13.5 Å². The van der Waals surface area contributed by atoms with Gasteiger partial charge >= 0.3 is 0 Å². The van der Waals surface area contributed by atoms with Gasteiger partial charge in [0, 0.05) is 30.3 Å². The molecule has 3 heteroatoms. The highest BCUT2D eigenvalue weighted by Crippen LogP contribution is 2.22. The van der Waals surface area contributed by atoms with Crippen molar-refractivity contribution in [1.82, 2.24) is 0 Å². The molecule has 0 spiro atoms. The molecule has 2 rings (SSSR count). The number of thioether (sulfide) groups is 1. The Morgan fingerprint density at radius 3 is 2.67 bits per heavy atom. The molecule has 1 saturated heterocycles. The van der Waals surface area contributed by atoms with Crippen LogP contribution in [0.4, 0.5) is 5.69 Å². The Morgan fingerprint density at radius 1 is 1.33 bits per heavy atom. The van der Waals surface area contributed by atoms with Crippen LogP contribution < -0.4 is 4.90 Å². The molecule has 0 atom stereocenters. The van der Waals surface area contributed by atoms with Gasteiger partial charge in [0.25, 0.3) is 0 Å². The van der Waals surface area contributed by atoms with Crippen molar-refractivity contribution < 1.29 is 5.11 Å². The first kappa shape index (κ1) is 10.8. The smallest absolute Gasteiger partial charge is 0.0684 e. The third-order valence-corrected chi connectivity index (χ3v) is 3.82. The second kappa shape index (κ2) is 4.90. The average Bonchev–Trinajstić information content (AvgIpc) is 2.30. The van der Waals surface area contributed by atoms with Crippen molar-refractivity contribution in [2.24, 2.45) is 0 Å². The minimum Gasteiger partial charge on any atom is -0.392 e. The molecule has 0 aromatic heterocycles. The largest absolute Gasteiger partial charge is 0.392 e. The van der Waals surface area contributed by atoms with E-state index in [-0.39, 0.29) is 6.61 Å². The van der Waals surface area contributed by atoms with E-state index in [1.165, 1.54) is 22.8 Å². The van der Waals surface area contributed by atoms with Gasteiger partial charge in [0.05, 0.1) is 6.61 Å². The number of aliphatic hydroxyl groups excluding tert-OH is 1. The first-order chi connectivity index (χ1) is 7.31. The molecule has 1 fully saturated rings. The van der Waals surface area contributed by atoms with E-state index in [0.29, 0.717) is 0 Å². The topological polar surface area (TPSA) is 23.5 Å². The third-order valence-electron chi connectivity index (χ3n) is 2.87. The van der Waals surface area contributed by atoms with Gasteiger partial charge in [-0.05, 0) is 30.2 Å². The molecule has 1 aromatic rings. The fourth-order valence-corrected chi connectivity index (χ4v) is 2.78. The Labute approximate surface area is 95.3 Å². The predicted octanol–water partition coefficient (Wildman–Crippen LogP) is 2.04. The summed E-state index contributed by atoms with van der Waals surface area (Å²) in [5.41, 5.74) is 3.52. The van der Waals surface area contributed by atoms with E-state index in [4.69, 9.17) is 5.11 Å². The number of hydrogen-bond acceptors (Lipinski definition) is 3. The summed E-state index contributed by atoms with van der Waals surface area (Å²) in [6, 6.07) is 6.34. The maximum Gasteiger partial charge on any atom is 0.0684 e. The Bertz CT molecular complexity index is 334. The second-order valence-corrected chi connectivity index (χ2v) is 5.09. The van der Waals surface area contributed by atoms with Gasteiger partial charge in [-0.15, -0.1) is 0 Å². The molecule has 1 heterocycles. The molecule has 0 amide bonds. The van der Waals surface area contributed by atoms with Gasteiger partial charge < -0.3 is 10.0 Å². The minimum absolute atomic E-state index is 0.141. The summed E-state index contributed by atoms with van der Waals surface area (Å²) in [5, 5.41) is 9.10. The van der Waals surface area contributed by atoms with Crippen LogP contribution in [0.15, 0.2) is 18.2 Å². The summed E-state index contributed by atoms with van der Waals surface area (Å²) < 4.78 is 0. The fourth-order valence-electron chi connectivity index (χ4n) is 1.88. The zero-order valence-corrected chi connectivity index (χ0v) is 9.89. The maximum atomic E-state index is 9.10. The minimum atomic E-state index is 0.141. The second-order valence-electron chi connectivity index (χ2n) is 3.87.